The van der Waals surface area contributed by atoms with Gasteiger partial charge < -0.3 is 15.0 Å². The van der Waals surface area contributed by atoms with Gasteiger partial charge in [-0.05, 0) is 52.0 Å². The molecule has 1 fully saturated rings. The Morgan fingerprint density at radius 3 is 2.59 bits per heavy atom. The second-order valence-corrected chi connectivity index (χ2v) is 7.01. The third-order valence-corrected chi connectivity index (χ3v) is 3.98. The number of rotatable bonds is 3. The van der Waals surface area contributed by atoms with Crippen molar-refractivity contribution in [1.29, 1.82) is 0 Å². The zero-order chi connectivity index (χ0) is 16.3. The van der Waals surface area contributed by atoms with Crippen LogP contribution < -0.4 is 5.32 Å². The first-order valence-corrected chi connectivity index (χ1v) is 7.89. The third-order valence-electron chi connectivity index (χ3n) is 3.98. The highest BCUT2D eigenvalue weighted by molar-refractivity contribution is 5.86. The molecule has 0 aromatic rings. The number of hydrogen-bond acceptors (Lipinski definition) is 3. The molecule has 1 atom stereocenters. The summed E-state index contributed by atoms with van der Waals surface area (Å²) in [6, 6.07) is -0.616. The van der Waals surface area contributed by atoms with Gasteiger partial charge in [0.1, 0.15) is 17.5 Å². The van der Waals surface area contributed by atoms with Crippen LogP contribution in [0.4, 0.5) is 9.18 Å². The molecule has 2 aliphatic rings. The smallest absolute Gasteiger partial charge is 0.408 e. The molecule has 6 heteroatoms. The van der Waals surface area contributed by atoms with Crippen LogP contribution in [-0.2, 0) is 9.53 Å². The lowest BCUT2D eigenvalue weighted by molar-refractivity contribution is -0.135. The summed E-state index contributed by atoms with van der Waals surface area (Å²) in [6.45, 7) is 5.82. The lowest BCUT2D eigenvalue weighted by Gasteiger charge is -2.37. The third kappa shape index (κ3) is 4.45. The van der Waals surface area contributed by atoms with E-state index in [1.807, 2.05) is 0 Å². The molecule has 2 rings (SSSR count). The highest BCUT2D eigenvalue weighted by atomic mass is 19.1. The molecule has 1 N–H and O–H groups in total. The van der Waals surface area contributed by atoms with Crippen LogP contribution in [0.2, 0.25) is 0 Å². The van der Waals surface area contributed by atoms with Crippen molar-refractivity contribution in [2.45, 2.75) is 58.1 Å². The molecule has 0 aromatic heterocycles. The molecule has 0 aromatic carbocycles. The van der Waals surface area contributed by atoms with Crippen molar-refractivity contribution in [3.63, 3.8) is 0 Å². The summed E-state index contributed by atoms with van der Waals surface area (Å²) in [5.41, 5.74) is -0.614. The van der Waals surface area contributed by atoms with Gasteiger partial charge in [-0.2, -0.15) is 0 Å². The van der Waals surface area contributed by atoms with E-state index < -0.39 is 17.7 Å². The number of nitrogens with one attached hydrogen (secondary N) is 1. The van der Waals surface area contributed by atoms with E-state index in [-0.39, 0.29) is 24.2 Å². The lowest BCUT2D eigenvalue weighted by Crippen LogP contribution is -2.55. The Labute approximate surface area is 130 Å². The van der Waals surface area contributed by atoms with Gasteiger partial charge in [0, 0.05) is 6.54 Å². The molecule has 22 heavy (non-hydrogen) atoms. The summed E-state index contributed by atoms with van der Waals surface area (Å²) in [5.74, 6) is -0.378. The van der Waals surface area contributed by atoms with Crippen LogP contribution in [0.25, 0.3) is 0 Å². The minimum atomic E-state index is -0.616. The van der Waals surface area contributed by atoms with Crippen LogP contribution in [0.5, 0.6) is 0 Å². The number of ether oxygens (including phenoxy) is 1. The molecule has 2 amide bonds. The van der Waals surface area contributed by atoms with Crippen molar-refractivity contribution < 1.29 is 18.7 Å². The van der Waals surface area contributed by atoms with Gasteiger partial charge in [-0.15, -0.1) is 0 Å². The maximum atomic E-state index is 13.4. The van der Waals surface area contributed by atoms with Crippen molar-refractivity contribution >= 4 is 12.0 Å². The Hall–Kier alpha value is -1.59. The molecule has 1 saturated carbocycles. The van der Waals surface area contributed by atoms with Crippen molar-refractivity contribution in [3.05, 3.63) is 11.9 Å². The van der Waals surface area contributed by atoms with E-state index in [0.29, 0.717) is 13.0 Å². The fourth-order valence-corrected chi connectivity index (χ4v) is 2.68. The molecule has 0 spiro atoms. The highest BCUT2D eigenvalue weighted by Gasteiger charge is 2.37. The molecule has 5 nitrogen and oxygen atoms in total. The van der Waals surface area contributed by atoms with Crippen molar-refractivity contribution in [1.82, 2.24) is 10.2 Å². The van der Waals surface area contributed by atoms with Gasteiger partial charge >= 0.3 is 6.09 Å². The quantitative estimate of drug-likeness (QED) is 0.872. The van der Waals surface area contributed by atoms with Gasteiger partial charge in [-0.1, -0.05) is 6.42 Å². The maximum absolute atomic E-state index is 13.4. The molecule has 1 heterocycles. The second kappa shape index (κ2) is 6.67. The van der Waals surface area contributed by atoms with Crippen molar-refractivity contribution in [2.75, 3.05) is 13.1 Å². The monoisotopic (exact) mass is 312 g/mol. The van der Waals surface area contributed by atoms with Gasteiger partial charge in [-0.3, -0.25) is 4.79 Å². The predicted molar refractivity (Wildman–Crippen MR) is 80.9 cm³/mol. The minimum Gasteiger partial charge on any atom is -0.444 e. The Bertz CT molecular complexity index is 467. The summed E-state index contributed by atoms with van der Waals surface area (Å²) in [6.07, 6.45) is 4.28. The van der Waals surface area contributed by atoms with E-state index in [4.69, 9.17) is 4.74 Å². The minimum absolute atomic E-state index is 0.00193. The maximum Gasteiger partial charge on any atom is 0.408 e. The van der Waals surface area contributed by atoms with E-state index in [1.54, 1.807) is 20.8 Å². The Morgan fingerprint density at radius 1 is 1.41 bits per heavy atom. The number of amides is 2. The van der Waals surface area contributed by atoms with Crippen molar-refractivity contribution in [2.24, 2.45) is 5.92 Å². The number of nitrogens with zero attached hydrogens (tertiary/aromatic N) is 1. The average molecular weight is 312 g/mol. The Balaban J connectivity index is 2.01. The number of carbonyl (C=O) groups excluding carboxylic acids is 2. The van der Waals surface area contributed by atoms with E-state index in [1.165, 1.54) is 11.0 Å². The summed E-state index contributed by atoms with van der Waals surface area (Å²) < 4.78 is 18.6. The molecule has 0 radical (unpaired) electrons. The largest absolute Gasteiger partial charge is 0.444 e. The zero-order valence-corrected chi connectivity index (χ0v) is 13.5. The first-order chi connectivity index (χ1) is 10.3. The molecule has 1 aliphatic heterocycles. The van der Waals surface area contributed by atoms with E-state index >= 15 is 0 Å². The normalized spacial score (nSPS) is 20.7. The Morgan fingerprint density at radius 2 is 2.09 bits per heavy atom. The molecule has 0 saturated heterocycles. The summed E-state index contributed by atoms with van der Waals surface area (Å²) >= 11 is 0. The topological polar surface area (TPSA) is 58.6 Å². The van der Waals surface area contributed by atoms with Crippen LogP contribution in [0.15, 0.2) is 11.9 Å². The summed E-state index contributed by atoms with van der Waals surface area (Å²) in [4.78, 5) is 26.1. The number of halogens is 1. The van der Waals surface area contributed by atoms with Gasteiger partial charge in [-0.25, -0.2) is 9.18 Å². The molecular formula is C16H25FN2O3. The summed E-state index contributed by atoms with van der Waals surface area (Å²) in [7, 11) is 0. The number of alkyl carbamates (subject to hydrolysis) is 1. The fourth-order valence-electron chi connectivity index (χ4n) is 2.68. The predicted octanol–water partition coefficient (Wildman–Crippen LogP) is 2.77. The van der Waals surface area contributed by atoms with Crippen LogP contribution in [-0.4, -0.2) is 41.6 Å². The molecule has 1 aliphatic carbocycles. The van der Waals surface area contributed by atoms with E-state index in [2.05, 4.69) is 5.32 Å². The van der Waals surface area contributed by atoms with Crippen LogP contribution in [0, 0.1) is 5.92 Å². The molecule has 1 unspecified atom stereocenters. The van der Waals surface area contributed by atoms with Gasteiger partial charge in [0.25, 0.3) is 0 Å². The Kier molecular flexibility index (Phi) is 5.08. The van der Waals surface area contributed by atoms with Crippen LogP contribution in [0.3, 0.4) is 0 Å². The van der Waals surface area contributed by atoms with E-state index in [0.717, 1.165) is 19.3 Å². The first-order valence-electron chi connectivity index (χ1n) is 7.89. The zero-order valence-electron chi connectivity index (χ0n) is 13.5. The highest BCUT2D eigenvalue weighted by Crippen LogP contribution is 2.31. The fraction of sp³-hybridized carbons (Fsp3) is 0.750. The summed E-state index contributed by atoms with van der Waals surface area (Å²) in [5, 5.41) is 2.69. The van der Waals surface area contributed by atoms with Gasteiger partial charge in [0.05, 0.1) is 6.54 Å². The average Bonchev–Trinajstić information content (AvgIpc) is 2.32. The lowest BCUT2D eigenvalue weighted by atomic mass is 9.79. The van der Waals surface area contributed by atoms with Gasteiger partial charge in [0.15, 0.2) is 0 Å². The van der Waals surface area contributed by atoms with Crippen LogP contribution >= 0.6 is 0 Å². The molecule has 124 valence electrons. The van der Waals surface area contributed by atoms with Crippen LogP contribution in [0.1, 0.15) is 46.5 Å². The first kappa shape index (κ1) is 16.8. The number of hydrogen-bond donors (Lipinski definition) is 1. The standard InChI is InChI=1S/C16H25FN2O3/c1-16(2,3)22-15(21)18-13(11-6-4-7-11)14(20)19-9-5-8-12(17)10-19/h8,11,13H,4-7,9-10H2,1-3H3,(H,18,21). The van der Waals surface area contributed by atoms with Gasteiger partial charge in [0.2, 0.25) is 5.91 Å². The van der Waals surface area contributed by atoms with Crippen molar-refractivity contribution in [3.8, 4) is 0 Å². The molecule has 0 bridgehead atoms. The number of carbonyl (C=O) groups is 2. The molecular weight excluding hydrogens is 287 g/mol. The SMILES string of the molecule is CC(C)(C)OC(=O)NC(C(=O)N1CCC=C(F)C1)C1CCC1. The van der Waals surface area contributed by atoms with E-state index in [9.17, 15) is 14.0 Å². The second-order valence-electron chi connectivity index (χ2n) is 7.01.